The van der Waals surface area contributed by atoms with Gasteiger partial charge < -0.3 is 10.6 Å². The molecule has 0 radical (unpaired) electrons. The van der Waals surface area contributed by atoms with Crippen LogP contribution in [-0.4, -0.2) is 29.9 Å². The molecule has 1 saturated heterocycles. The molecule has 0 aromatic carbocycles. The molecule has 76 valence electrons. The summed E-state index contributed by atoms with van der Waals surface area (Å²) in [5.74, 6) is 0.923. The van der Waals surface area contributed by atoms with Gasteiger partial charge in [-0.2, -0.15) is 0 Å². The van der Waals surface area contributed by atoms with Crippen LogP contribution in [0.15, 0.2) is 0 Å². The smallest absolute Gasteiger partial charge is 0.239 e. The number of carbonyl (C=O) groups excluding carboxylic acids is 1. The summed E-state index contributed by atoms with van der Waals surface area (Å²) >= 11 is 0. The van der Waals surface area contributed by atoms with Crippen LogP contribution in [0.1, 0.15) is 33.1 Å². The number of nitrogens with zero attached hydrogens (tertiary/aromatic N) is 1. The first kappa shape index (κ1) is 10.5. The molecule has 0 spiro atoms. The second-order valence-electron chi connectivity index (χ2n) is 3.97. The first-order chi connectivity index (χ1) is 6.15. The van der Waals surface area contributed by atoms with Crippen LogP contribution in [0, 0.1) is 5.92 Å². The second kappa shape index (κ2) is 4.61. The molecule has 1 aliphatic rings. The SMILES string of the molecule is CCC1CCN(C(=O)C(C)N)CC1. The minimum atomic E-state index is -0.335. The van der Waals surface area contributed by atoms with Crippen molar-refractivity contribution in [1.29, 1.82) is 0 Å². The van der Waals surface area contributed by atoms with Gasteiger partial charge in [0.15, 0.2) is 0 Å². The normalized spacial score (nSPS) is 21.6. The highest BCUT2D eigenvalue weighted by Crippen LogP contribution is 2.19. The Morgan fingerprint density at radius 2 is 2.08 bits per heavy atom. The summed E-state index contributed by atoms with van der Waals surface area (Å²) in [4.78, 5) is 13.4. The zero-order valence-electron chi connectivity index (χ0n) is 8.62. The van der Waals surface area contributed by atoms with E-state index in [9.17, 15) is 4.79 Å². The molecule has 3 nitrogen and oxygen atoms in total. The van der Waals surface area contributed by atoms with Gasteiger partial charge in [-0.25, -0.2) is 0 Å². The summed E-state index contributed by atoms with van der Waals surface area (Å²) in [6.45, 7) is 5.78. The molecule has 1 atom stereocenters. The highest BCUT2D eigenvalue weighted by atomic mass is 16.2. The lowest BCUT2D eigenvalue weighted by atomic mass is 9.94. The number of likely N-dealkylation sites (tertiary alicyclic amines) is 1. The Balaban J connectivity index is 2.36. The van der Waals surface area contributed by atoms with Crippen molar-refractivity contribution in [1.82, 2.24) is 4.90 Å². The van der Waals surface area contributed by atoms with E-state index in [0.717, 1.165) is 31.8 Å². The number of hydrogen-bond donors (Lipinski definition) is 1. The summed E-state index contributed by atoms with van der Waals surface area (Å²) in [5, 5.41) is 0. The number of hydrogen-bond acceptors (Lipinski definition) is 2. The van der Waals surface area contributed by atoms with Crippen molar-refractivity contribution in [3.63, 3.8) is 0 Å². The fourth-order valence-electron chi connectivity index (χ4n) is 1.85. The summed E-state index contributed by atoms with van der Waals surface area (Å²) in [6.07, 6.45) is 3.53. The maximum atomic E-state index is 11.5. The molecule has 0 saturated carbocycles. The molecule has 1 unspecified atom stereocenters. The molecule has 2 N–H and O–H groups in total. The van der Waals surface area contributed by atoms with Gasteiger partial charge in [0.1, 0.15) is 0 Å². The van der Waals surface area contributed by atoms with E-state index >= 15 is 0 Å². The van der Waals surface area contributed by atoms with Crippen LogP contribution < -0.4 is 5.73 Å². The van der Waals surface area contributed by atoms with Crippen molar-refractivity contribution in [2.24, 2.45) is 11.7 Å². The highest BCUT2D eigenvalue weighted by Gasteiger charge is 2.23. The van der Waals surface area contributed by atoms with E-state index in [1.165, 1.54) is 6.42 Å². The zero-order chi connectivity index (χ0) is 9.84. The first-order valence-corrected chi connectivity index (χ1v) is 5.19. The van der Waals surface area contributed by atoms with Crippen LogP contribution in [0.2, 0.25) is 0 Å². The first-order valence-electron chi connectivity index (χ1n) is 5.19. The van der Waals surface area contributed by atoms with E-state index in [-0.39, 0.29) is 11.9 Å². The van der Waals surface area contributed by atoms with Crippen molar-refractivity contribution in [3.8, 4) is 0 Å². The van der Waals surface area contributed by atoms with E-state index in [4.69, 9.17) is 5.73 Å². The average Bonchev–Trinajstić information content (AvgIpc) is 2.17. The molecule has 0 aromatic rings. The molecule has 13 heavy (non-hydrogen) atoms. The quantitative estimate of drug-likeness (QED) is 0.695. The summed E-state index contributed by atoms with van der Waals surface area (Å²) in [6, 6.07) is -0.335. The van der Waals surface area contributed by atoms with E-state index in [2.05, 4.69) is 6.92 Å². The van der Waals surface area contributed by atoms with Gasteiger partial charge in [0, 0.05) is 13.1 Å². The molecular formula is C10H20N2O. The summed E-state index contributed by atoms with van der Waals surface area (Å²) in [5.41, 5.74) is 5.54. The Kier molecular flexibility index (Phi) is 3.72. The van der Waals surface area contributed by atoms with E-state index < -0.39 is 0 Å². The van der Waals surface area contributed by atoms with Crippen molar-refractivity contribution in [2.45, 2.75) is 39.2 Å². The predicted octanol–water partition coefficient (Wildman–Crippen LogP) is 0.982. The highest BCUT2D eigenvalue weighted by molar-refractivity contribution is 5.81. The van der Waals surface area contributed by atoms with Gasteiger partial charge in [0.2, 0.25) is 5.91 Å². The second-order valence-corrected chi connectivity index (χ2v) is 3.97. The largest absolute Gasteiger partial charge is 0.341 e. The minimum absolute atomic E-state index is 0.106. The maximum Gasteiger partial charge on any atom is 0.239 e. The number of piperidine rings is 1. The monoisotopic (exact) mass is 184 g/mol. The topological polar surface area (TPSA) is 46.3 Å². The number of nitrogens with two attached hydrogens (primary N) is 1. The fourth-order valence-corrected chi connectivity index (χ4v) is 1.85. The van der Waals surface area contributed by atoms with Crippen molar-refractivity contribution in [2.75, 3.05) is 13.1 Å². The van der Waals surface area contributed by atoms with Crippen molar-refractivity contribution < 1.29 is 4.79 Å². The molecule has 0 bridgehead atoms. The van der Waals surface area contributed by atoms with Crippen LogP contribution >= 0.6 is 0 Å². The molecule has 3 heteroatoms. The third-order valence-electron chi connectivity index (χ3n) is 2.89. The van der Waals surface area contributed by atoms with E-state index in [0.29, 0.717) is 0 Å². The van der Waals surface area contributed by atoms with Crippen LogP contribution in [0.3, 0.4) is 0 Å². The Hall–Kier alpha value is -0.570. The third-order valence-corrected chi connectivity index (χ3v) is 2.89. The fraction of sp³-hybridized carbons (Fsp3) is 0.900. The van der Waals surface area contributed by atoms with Crippen LogP contribution in [-0.2, 0) is 4.79 Å². The van der Waals surface area contributed by atoms with Gasteiger partial charge >= 0.3 is 0 Å². The predicted molar refractivity (Wildman–Crippen MR) is 53.2 cm³/mol. The van der Waals surface area contributed by atoms with Gasteiger partial charge in [0.25, 0.3) is 0 Å². The minimum Gasteiger partial charge on any atom is -0.341 e. The van der Waals surface area contributed by atoms with Crippen LogP contribution in [0.25, 0.3) is 0 Å². The number of amides is 1. The number of carbonyl (C=O) groups is 1. The molecule has 1 amide bonds. The van der Waals surface area contributed by atoms with Gasteiger partial charge in [-0.3, -0.25) is 4.79 Å². The Morgan fingerprint density at radius 1 is 1.54 bits per heavy atom. The Bertz CT molecular complexity index is 172. The van der Waals surface area contributed by atoms with E-state index in [1.807, 2.05) is 4.90 Å². The molecule has 0 aliphatic carbocycles. The third kappa shape index (κ3) is 2.69. The van der Waals surface area contributed by atoms with Gasteiger partial charge in [-0.15, -0.1) is 0 Å². The lowest BCUT2D eigenvalue weighted by Gasteiger charge is -2.32. The standard InChI is InChI=1S/C10H20N2O/c1-3-9-4-6-12(7-5-9)10(13)8(2)11/h8-9H,3-7,11H2,1-2H3. The van der Waals surface area contributed by atoms with Crippen LogP contribution in [0.4, 0.5) is 0 Å². The van der Waals surface area contributed by atoms with Gasteiger partial charge in [0.05, 0.1) is 6.04 Å². The Morgan fingerprint density at radius 3 is 2.46 bits per heavy atom. The van der Waals surface area contributed by atoms with Crippen LogP contribution in [0.5, 0.6) is 0 Å². The summed E-state index contributed by atoms with van der Waals surface area (Å²) < 4.78 is 0. The molecule has 1 heterocycles. The van der Waals surface area contributed by atoms with E-state index in [1.54, 1.807) is 6.92 Å². The van der Waals surface area contributed by atoms with Crippen molar-refractivity contribution >= 4 is 5.91 Å². The molecular weight excluding hydrogens is 164 g/mol. The van der Waals surface area contributed by atoms with Crippen molar-refractivity contribution in [3.05, 3.63) is 0 Å². The molecule has 0 aromatic heterocycles. The average molecular weight is 184 g/mol. The summed E-state index contributed by atoms with van der Waals surface area (Å²) in [7, 11) is 0. The van der Waals surface area contributed by atoms with Gasteiger partial charge in [-0.05, 0) is 25.7 Å². The lowest BCUT2D eigenvalue weighted by molar-refractivity contribution is -0.133. The van der Waals surface area contributed by atoms with Gasteiger partial charge in [-0.1, -0.05) is 13.3 Å². The zero-order valence-corrected chi connectivity index (χ0v) is 8.62. The molecule has 1 aliphatic heterocycles. The number of rotatable bonds is 2. The molecule has 1 rings (SSSR count). The Labute approximate surface area is 80.3 Å². The maximum absolute atomic E-state index is 11.5. The lowest BCUT2D eigenvalue weighted by Crippen LogP contribution is -2.45. The molecule has 1 fully saturated rings.